The fourth-order valence-corrected chi connectivity index (χ4v) is 2.50. The summed E-state index contributed by atoms with van der Waals surface area (Å²) < 4.78 is 0. The smallest absolute Gasteiger partial charge is 0.251 e. The molecule has 0 heterocycles. The standard InChI is InChI=1S/C17H21NO2/c1-13-9-10-14(6-4-5-11-19)12-16(13)17(20)18-15-7-2-3-8-15/h9-10,12,15,19H,2-3,5,7-8,11H2,1H3,(H,18,20). The van der Waals surface area contributed by atoms with Crippen molar-refractivity contribution in [1.82, 2.24) is 5.32 Å². The van der Waals surface area contributed by atoms with E-state index in [9.17, 15) is 4.79 Å². The Kier molecular flexibility index (Phi) is 5.20. The largest absolute Gasteiger partial charge is 0.395 e. The topological polar surface area (TPSA) is 49.3 Å². The molecule has 0 aliphatic heterocycles. The van der Waals surface area contributed by atoms with Crippen LogP contribution in [0.1, 0.15) is 53.6 Å². The van der Waals surface area contributed by atoms with Crippen molar-refractivity contribution in [1.29, 1.82) is 0 Å². The molecule has 1 aliphatic rings. The first-order valence-corrected chi connectivity index (χ1v) is 7.22. The van der Waals surface area contributed by atoms with E-state index in [1.54, 1.807) is 0 Å². The van der Waals surface area contributed by atoms with Crippen LogP contribution in [0.5, 0.6) is 0 Å². The molecule has 0 saturated heterocycles. The van der Waals surface area contributed by atoms with Gasteiger partial charge in [-0.3, -0.25) is 4.79 Å². The quantitative estimate of drug-likeness (QED) is 0.829. The number of carbonyl (C=O) groups excluding carboxylic acids is 1. The van der Waals surface area contributed by atoms with E-state index in [4.69, 9.17) is 5.11 Å². The zero-order valence-corrected chi connectivity index (χ0v) is 11.9. The van der Waals surface area contributed by atoms with Gasteiger partial charge in [0.15, 0.2) is 0 Å². The lowest BCUT2D eigenvalue weighted by Crippen LogP contribution is -2.33. The summed E-state index contributed by atoms with van der Waals surface area (Å²) in [5, 5.41) is 11.8. The summed E-state index contributed by atoms with van der Waals surface area (Å²) in [7, 11) is 0. The summed E-state index contributed by atoms with van der Waals surface area (Å²) in [6.45, 7) is 2.00. The minimum Gasteiger partial charge on any atom is -0.395 e. The van der Waals surface area contributed by atoms with E-state index in [0.29, 0.717) is 18.0 Å². The van der Waals surface area contributed by atoms with E-state index < -0.39 is 0 Å². The van der Waals surface area contributed by atoms with Crippen molar-refractivity contribution in [2.75, 3.05) is 6.61 Å². The third-order valence-corrected chi connectivity index (χ3v) is 3.64. The second-order valence-corrected chi connectivity index (χ2v) is 5.26. The monoisotopic (exact) mass is 271 g/mol. The molecule has 3 nitrogen and oxygen atoms in total. The van der Waals surface area contributed by atoms with Crippen LogP contribution in [0.3, 0.4) is 0 Å². The van der Waals surface area contributed by atoms with Crippen LogP contribution in [0.4, 0.5) is 0 Å². The van der Waals surface area contributed by atoms with Crippen LogP contribution in [0.25, 0.3) is 0 Å². The second kappa shape index (κ2) is 7.12. The van der Waals surface area contributed by atoms with Crippen LogP contribution in [-0.2, 0) is 0 Å². The van der Waals surface area contributed by atoms with Crippen molar-refractivity contribution in [3.8, 4) is 11.8 Å². The third-order valence-electron chi connectivity index (χ3n) is 3.64. The predicted molar refractivity (Wildman–Crippen MR) is 79.5 cm³/mol. The lowest BCUT2D eigenvalue weighted by molar-refractivity contribution is 0.0937. The third kappa shape index (κ3) is 3.85. The highest BCUT2D eigenvalue weighted by Gasteiger charge is 2.18. The molecule has 1 fully saturated rings. The molecule has 0 bridgehead atoms. The first kappa shape index (κ1) is 14.6. The van der Waals surface area contributed by atoms with Gasteiger partial charge in [-0.2, -0.15) is 0 Å². The van der Waals surface area contributed by atoms with Crippen molar-refractivity contribution < 1.29 is 9.90 Å². The van der Waals surface area contributed by atoms with Gasteiger partial charge in [-0.1, -0.05) is 30.7 Å². The fraction of sp³-hybridized carbons (Fsp3) is 0.471. The number of aryl methyl sites for hydroxylation is 1. The number of rotatable bonds is 3. The van der Waals surface area contributed by atoms with Gasteiger partial charge in [0, 0.05) is 23.6 Å². The Balaban J connectivity index is 2.11. The highest BCUT2D eigenvalue weighted by Crippen LogP contribution is 2.19. The van der Waals surface area contributed by atoms with E-state index >= 15 is 0 Å². The molecule has 0 atom stereocenters. The van der Waals surface area contributed by atoms with Crippen molar-refractivity contribution in [2.24, 2.45) is 0 Å². The van der Waals surface area contributed by atoms with Gasteiger partial charge in [0.05, 0.1) is 6.61 Å². The van der Waals surface area contributed by atoms with Gasteiger partial charge in [-0.05, 0) is 37.5 Å². The Morgan fingerprint density at radius 1 is 1.40 bits per heavy atom. The van der Waals surface area contributed by atoms with Crippen LogP contribution >= 0.6 is 0 Å². The summed E-state index contributed by atoms with van der Waals surface area (Å²) >= 11 is 0. The van der Waals surface area contributed by atoms with E-state index in [0.717, 1.165) is 24.0 Å². The summed E-state index contributed by atoms with van der Waals surface area (Å²) in [6, 6.07) is 5.99. The van der Waals surface area contributed by atoms with E-state index in [2.05, 4.69) is 17.2 Å². The maximum atomic E-state index is 12.3. The maximum Gasteiger partial charge on any atom is 0.251 e. The Bertz CT molecular complexity index is 534. The van der Waals surface area contributed by atoms with Gasteiger partial charge in [0.25, 0.3) is 5.91 Å². The van der Waals surface area contributed by atoms with Crippen LogP contribution in [0.15, 0.2) is 18.2 Å². The fourth-order valence-electron chi connectivity index (χ4n) is 2.50. The van der Waals surface area contributed by atoms with E-state index in [1.807, 2.05) is 25.1 Å². The molecule has 1 saturated carbocycles. The molecule has 20 heavy (non-hydrogen) atoms. The van der Waals surface area contributed by atoms with Crippen LogP contribution in [0, 0.1) is 18.8 Å². The molecule has 1 aromatic rings. The molecule has 106 valence electrons. The lowest BCUT2D eigenvalue weighted by atomic mass is 10.0. The molecule has 2 N–H and O–H groups in total. The van der Waals surface area contributed by atoms with Gasteiger partial charge in [0.2, 0.25) is 0 Å². The van der Waals surface area contributed by atoms with Crippen molar-refractivity contribution in [3.63, 3.8) is 0 Å². The molecule has 2 rings (SSSR count). The normalized spacial score (nSPS) is 14.7. The van der Waals surface area contributed by atoms with Crippen LogP contribution in [-0.4, -0.2) is 23.7 Å². The number of aliphatic hydroxyl groups excluding tert-OH is 1. The van der Waals surface area contributed by atoms with Crippen LogP contribution < -0.4 is 5.32 Å². The first-order chi connectivity index (χ1) is 9.70. The Morgan fingerprint density at radius 3 is 2.85 bits per heavy atom. The van der Waals surface area contributed by atoms with E-state index in [1.165, 1.54) is 12.8 Å². The number of amides is 1. The van der Waals surface area contributed by atoms with Crippen molar-refractivity contribution in [3.05, 3.63) is 34.9 Å². The minimum absolute atomic E-state index is 0.000193. The molecule has 1 amide bonds. The molecule has 0 aromatic heterocycles. The first-order valence-electron chi connectivity index (χ1n) is 7.22. The number of carbonyl (C=O) groups is 1. The summed E-state index contributed by atoms with van der Waals surface area (Å²) in [5.41, 5.74) is 2.49. The van der Waals surface area contributed by atoms with Crippen molar-refractivity contribution >= 4 is 5.91 Å². The molecule has 1 aromatic carbocycles. The average Bonchev–Trinajstić information content (AvgIpc) is 2.93. The zero-order valence-electron chi connectivity index (χ0n) is 11.9. The van der Waals surface area contributed by atoms with Gasteiger partial charge in [-0.15, -0.1) is 0 Å². The molecular weight excluding hydrogens is 250 g/mol. The average molecular weight is 271 g/mol. The molecule has 3 heteroatoms. The molecule has 0 unspecified atom stereocenters. The summed E-state index contributed by atoms with van der Waals surface area (Å²) in [5.74, 6) is 5.85. The summed E-state index contributed by atoms with van der Waals surface area (Å²) in [6.07, 6.45) is 5.03. The number of nitrogens with one attached hydrogen (secondary N) is 1. The summed E-state index contributed by atoms with van der Waals surface area (Å²) in [4.78, 5) is 12.3. The Morgan fingerprint density at radius 2 is 2.15 bits per heavy atom. The minimum atomic E-state index is 0.000193. The molecule has 1 aliphatic carbocycles. The highest BCUT2D eigenvalue weighted by atomic mass is 16.2. The second-order valence-electron chi connectivity index (χ2n) is 5.26. The molecule has 0 radical (unpaired) electrons. The number of benzene rings is 1. The lowest BCUT2D eigenvalue weighted by Gasteiger charge is -2.13. The number of aliphatic hydroxyl groups is 1. The molecule has 0 spiro atoms. The SMILES string of the molecule is Cc1ccc(C#CCCO)cc1C(=O)NC1CCCC1. The van der Waals surface area contributed by atoms with Gasteiger partial charge in [-0.25, -0.2) is 0 Å². The molecular formula is C17H21NO2. The van der Waals surface area contributed by atoms with Gasteiger partial charge in [0.1, 0.15) is 0 Å². The number of hydrogen-bond donors (Lipinski definition) is 2. The Hall–Kier alpha value is -1.79. The van der Waals surface area contributed by atoms with E-state index in [-0.39, 0.29) is 12.5 Å². The highest BCUT2D eigenvalue weighted by molar-refractivity contribution is 5.96. The zero-order chi connectivity index (χ0) is 14.4. The van der Waals surface area contributed by atoms with Crippen LogP contribution in [0.2, 0.25) is 0 Å². The van der Waals surface area contributed by atoms with Gasteiger partial charge < -0.3 is 10.4 Å². The number of hydrogen-bond acceptors (Lipinski definition) is 2. The maximum absolute atomic E-state index is 12.3. The van der Waals surface area contributed by atoms with Crippen molar-refractivity contribution in [2.45, 2.75) is 45.1 Å². The van der Waals surface area contributed by atoms with Gasteiger partial charge >= 0.3 is 0 Å². The predicted octanol–water partition coefficient (Wildman–Crippen LogP) is 2.40. The Labute approximate surface area is 120 Å².